The van der Waals surface area contributed by atoms with E-state index < -0.39 is 30.3 Å². The van der Waals surface area contributed by atoms with Gasteiger partial charge in [0, 0.05) is 12.6 Å². The third kappa shape index (κ3) is 4.71. The fraction of sp³-hybridized carbons (Fsp3) is 0.565. The highest BCUT2D eigenvalue weighted by Gasteiger charge is 2.49. The first-order valence-electron chi connectivity index (χ1n) is 10.8. The van der Waals surface area contributed by atoms with Crippen LogP contribution in [0.25, 0.3) is 0 Å². The molecule has 1 N–H and O–H groups in total. The Morgan fingerprint density at radius 2 is 1.73 bits per heavy atom. The van der Waals surface area contributed by atoms with Crippen LogP contribution in [0.3, 0.4) is 0 Å². The number of imide groups is 2. The number of rotatable bonds is 7. The van der Waals surface area contributed by atoms with Crippen LogP contribution in [0.15, 0.2) is 24.3 Å². The van der Waals surface area contributed by atoms with Gasteiger partial charge in [-0.3, -0.25) is 19.3 Å². The number of carbonyl (C=O) groups is 4. The molecule has 162 valence electrons. The molecular formula is C23H31N3O4. The lowest BCUT2D eigenvalue weighted by molar-refractivity contribution is -0.145. The molecule has 0 bridgehead atoms. The number of amides is 5. The van der Waals surface area contributed by atoms with Crippen LogP contribution in [-0.2, 0) is 20.8 Å². The summed E-state index contributed by atoms with van der Waals surface area (Å²) in [4.78, 5) is 51.6. The van der Waals surface area contributed by atoms with Gasteiger partial charge in [-0.15, -0.1) is 0 Å². The van der Waals surface area contributed by atoms with Crippen LogP contribution in [0.1, 0.15) is 63.5 Å². The van der Waals surface area contributed by atoms with E-state index in [1.165, 1.54) is 5.56 Å². The first-order valence-corrected chi connectivity index (χ1v) is 10.8. The second-order valence-electron chi connectivity index (χ2n) is 8.67. The third-order valence-electron chi connectivity index (χ3n) is 6.17. The van der Waals surface area contributed by atoms with Gasteiger partial charge in [0.25, 0.3) is 0 Å². The SMILES string of the molecule is CC(C)c1ccc(CCNC(=O)CN2C(=O)C(=O)N([C@H]3CCCC[C@@H]3C)C2=O)cc1. The van der Waals surface area contributed by atoms with E-state index in [2.05, 4.69) is 31.3 Å². The molecule has 0 unspecified atom stereocenters. The Bertz CT molecular complexity index is 818. The largest absolute Gasteiger partial charge is 0.354 e. The van der Waals surface area contributed by atoms with E-state index in [0.717, 1.165) is 34.6 Å². The van der Waals surface area contributed by atoms with Gasteiger partial charge in [-0.1, -0.05) is 57.9 Å². The van der Waals surface area contributed by atoms with Crippen molar-refractivity contribution in [3.05, 3.63) is 35.4 Å². The highest BCUT2D eigenvalue weighted by atomic mass is 16.2. The predicted molar refractivity (Wildman–Crippen MR) is 113 cm³/mol. The summed E-state index contributed by atoms with van der Waals surface area (Å²) in [6.07, 6.45) is 4.28. The molecule has 1 aromatic carbocycles. The average molecular weight is 414 g/mol. The van der Waals surface area contributed by atoms with Crippen LogP contribution in [0, 0.1) is 5.92 Å². The summed E-state index contributed by atoms with van der Waals surface area (Å²) in [5, 5.41) is 2.74. The minimum atomic E-state index is -0.905. The molecule has 7 heteroatoms. The normalized spacial score (nSPS) is 22.2. The van der Waals surface area contributed by atoms with Crippen molar-refractivity contribution >= 4 is 23.8 Å². The van der Waals surface area contributed by atoms with Crippen molar-refractivity contribution in [3.63, 3.8) is 0 Å². The van der Waals surface area contributed by atoms with E-state index in [1.807, 2.05) is 19.1 Å². The highest BCUT2D eigenvalue weighted by Crippen LogP contribution is 2.31. The number of benzene rings is 1. The standard InChI is InChI=1S/C23H31N3O4/c1-15(2)18-10-8-17(9-11-18)12-13-24-20(27)14-25-21(28)22(29)26(23(25)30)19-7-5-4-6-16(19)3/h8-11,15-16,19H,4-7,12-14H2,1-3H3,(H,24,27)/t16-,19-/m0/s1. The van der Waals surface area contributed by atoms with Crippen LogP contribution in [0.5, 0.6) is 0 Å². The molecule has 3 rings (SSSR count). The molecule has 0 spiro atoms. The van der Waals surface area contributed by atoms with Gasteiger partial charge in [0.2, 0.25) is 5.91 Å². The Balaban J connectivity index is 1.52. The fourth-order valence-electron chi connectivity index (χ4n) is 4.25. The summed E-state index contributed by atoms with van der Waals surface area (Å²) >= 11 is 0. The van der Waals surface area contributed by atoms with Crippen LogP contribution < -0.4 is 5.32 Å². The summed E-state index contributed by atoms with van der Waals surface area (Å²) in [5.41, 5.74) is 2.36. The van der Waals surface area contributed by atoms with Crippen molar-refractivity contribution in [2.75, 3.05) is 13.1 Å². The van der Waals surface area contributed by atoms with E-state index in [1.54, 1.807) is 0 Å². The van der Waals surface area contributed by atoms with Gasteiger partial charge in [0.1, 0.15) is 6.54 Å². The van der Waals surface area contributed by atoms with Crippen molar-refractivity contribution in [1.29, 1.82) is 0 Å². The van der Waals surface area contributed by atoms with Crippen LogP contribution in [-0.4, -0.2) is 52.7 Å². The van der Waals surface area contributed by atoms with Crippen molar-refractivity contribution < 1.29 is 19.2 Å². The molecule has 1 aliphatic carbocycles. The highest BCUT2D eigenvalue weighted by molar-refractivity contribution is 6.45. The number of nitrogens with zero attached hydrogens (tertiary/aromatic N) is 2. The van der Waals surface area contributed by atoms with Crippen molar-refractivity contribution in [1.82, 2.24) is 15.1 Å². The van der Waals surface area contributed by atoms with Gasteiger partial charge in [-0.25, -0.2) is 9.69 Å². The lowest BCUT2D eigenvalue weighted by Crippen LogP contribution is -2.47. The number of urea groups is 1. The third-order valence-corrected chi connectivity index (χ3v) is 6.17. The number of hydrogen-bond acceptors (Lipinski definition) is 4. The van der Waals surface area contributed by atoms with Gasteiger partial charge in [-0.05, 0) is 42.2 Å². The Labute approximate surface area is 177 Å². The van der Waals surface area contributed by atoms with Gasteiger partial charge in [0.15, 0.2) is 0 Å². The second-order valence-corrected chi connectivity index (χ2v) is 8.67. The molecule has 30 heavy (non-hydrogen) atoms. The second kappa shape index (κ2) is 9.41. The Morgan fingerprint density at radius 1 is 1.07 bits per heavy atom. The maximum absolute atomic E-state index is 12.7. The molecule has 7 nitrogen and oxygen atoms in total. The van der Waals surface area contributed by atoms with Crippen LogP contribution in [0.2, 0.25) is 0 Å². The monoisotopic (exact) mass is 413 g/mol. The Kier molecular flexibility index (Phi) is 6.90. The topological polar surface area (TPSA) is 86.8 Å². The molecule has 1 heterocycles. The van der Waals surface area contributed by atoms with E-state index in [9.17, 15) is 19.2 Å². The molecule has 1 saturated heterocycles. The Hall–Kier alpha value is -2.70. The molecule has 2 atom stereocenters. The fourth-order valence-corrected chi connectivity index (χ4v) is 4.25. The maximum atomic E-state index is 12.7. The van der Waals surface area contributed by atoms with E-state index in [0.29, 0.717) is 25.3 Å². The zero-order valence-electron chi connectivity index (χ0n) is 18.0. The molecule has 1 aliphatic heterocycles. The molecule has 2 aliphatic rings. The molecule has 2 fully saturated rings. The summed E-state index contributed by atoms with van der Waals surface area (Å²) in [6.45, 7) is 6.24. The summed E-state index contributed by atoms with van der Waals surface area (Å²) < 4.78 is 0. The van der Waals surface area contributed by atoms with Gasteiger partial charge in [-0.2, -0.15) is 0 Å². The molecule has 5 amide bonds. The number of carbonyl (C=O) groups excluding carboxylic acids is 4. The Morgan fingerprint density at radius 3 is 2.37 bits per heavy atom. The first kappa shape index (κ1) is 22.0. The van der Waals surface area contributed by atoms with E-state index in [4.69, 9.17) is 0 Å². The van der Waals surface area contributed by atoms with Gasteiger partial charge < -0.3 is 5.32 Å². The smallest absolute Gasteiger partial charge is 0.334 e. The first-order chi connectivity index (χ1) is 14.3. The lowest BCUT2D eigenvalue weighted by atomic mass is 9.85. The average Bonchev–Trinajstić information content (AvgIpc) is 2.92. The van der Waals surface area contributed by atoms with Crippen LogP contribution >= 0.6 is 0 Å². The van der Waals surface area contributed by atoms with E-state index in [-0.39, 0.29) is 12.0 Å². The summed E-state index contributed by atoms with van der Waals surface area (Å²) in [7, 11) is 0. The van der Waals surface area contributed by atoms with Gasteiger partial charge in [0.05, 0.1) is 0 Å². The van der Waals surface area contributed by atoms with Crippen molar-refractivity contribution in [2.45, 2.75) is 64.8 Å². The predicted octanol–water partition coefficient (Wildman–Crippen LogP) is 2.84. The van der Waals surface area contributed by atoms with E-state index >= 15 is 0 Å². The molecule has 0 aromatic heterocycles. The zero-order valence-corrected chi connectivity index (χ0v) is 18.0. The van der Waals surface area contributed by atoms with Crippen molar-refractivity contribution in [3.8, 4) is 0 Å². The minimum Gasteiger partial charge on any atom is -0.354 e. The molecule has 0 radical (unpaired) electrons. The maximum Gasteiger partial charge on any atom is 0.334 e. The summed E-state index contributed by atoms with van der Waals surface area (Å²) in [6, 6.07) is 7.31. The minimum absolute atomic E-state index is 0.162. The molecule has 1 saturated carbocycles. The number of hydrogen-bond donors (Lipinski definition) is 1. The number of nitrogens with one attached hydrogen (secondary N) is 1. The van der Waals surface area contributed by atoms with Crippen molar-refractivity contribution in [2.24, 2.45) is 5.92 Å². The van der Waals surface area contributed by atoms with Crippen LogP contribution in [0.4, 0.5) is 4.79 Å². The lowest BCUT2D eigenvalue weighted by Gasteiger charge is -2.34. The molecule has 1 aromatic rings. The molecular weight excluding hydrogens is 382 g/mol. The quantitative estimate of drug-likeness (QED) is 0.550. The van der Waals surface area contributed by atoms with Gasteiger partial charge >= 0.3 is 17.8 Å². The summed E-state index contributed by atoms with van der Waals surface area (Å²) in [5.74, 6) is -1.53. The zero-order chi connectivity index (χ0) is 21.8.